The summed E-state index contributed by atoms with van der Waals surface area (Å²) in [7, 11) is 0. The Kier molecular flexibility index (Phi) is 1.69. The van der Waals surface area contributed by atoms with Gasteiger partial charge in [0.25, 0.3) is 0 Å². The summed E-state index contributed by atoms with van der Waals surface area (Å²) in [6.45, 7) is 2.06. The van der Waals surface area contributed by atoms with Gasteiger partial charge in [-0.25, -0.2) is 4.79 Å². The van der Waals surface area contributed by atoms with E-state index in [0.717, 1.165) is 6.42 Å². The van der Waals surface area contributed by atoms with Gasteiger partial charge < -0.3 is 0 Å². The number of carbonyl (C=O) groups excluding carboxylic acids is 1. The lowest BCUT2D eigenvalue weighted by molar-refractivity contribution is -0.307. The van der Waals surface area contributed by atoms with E-state index >= 15 is 0 Å². The quantitative estimate of drug-likeness (QED) is 0.648. The third-order valence-electron chi connectivity index (χ3n) is 3.94. The predicted molar refractivity (Wildman–Crippen MR) is 49.1 cm³/mol. The molecule has 0 radical (unpaired) electrons. The Hall–Kier alpha value is -0.570. The maximum absolute atomic E-state index is 11.5. The highest BCUT2D eigenvalue weighted by molar-refractivity contribution is 5.75. The Labute approximate surface area is 83.7 Å². The summed E-state index contributed by atoms with van der Waals surface area (Å²) in [5.41, 5.74) is -0.216. The highest BCUT2D eigenvalue weighted by atomic mass is 17.2. The van der Waals surface area contributed by atoms with Gasteiger partial charge in [-0.1, -0.05) is 6.92 Å². The van der Waals surface area contributed by atoms with E-state index in [2.05, 4.69) is 6.92 Å². The molecule has 3 heteroatoms. The number of hydrogen-bond donors (Lipinski definition) is 0. The molecule has 3 nitrogen and oxygen atoms in total. The minimum atomic E-state index is -0.216. The third-order valence-corrected chi connectivity index (χ3v) is 3.94. The fourth-order valence-corrected chi connectivity index (χ4v) is 3.01. The second-order valence-corrected chi connectivity index (χ2v) is 4.85. The molecule has 0 amide bonds. The molecule has 0 aromatic carbocycles. The van der Waals surface area contributed by atoms with E-state index < -0.39 is 0 Å². The normalized spacial score (nSPS) is 35.8. The first kappa shape index (κ1) is 8.72. The highest BCUT2D eigenvalue weighted by Gasteiger charge is 2.66. The topological polar surface area (TPSA) is 35.5 Å². The summed E-state index contributed by atoms with van der Waals surface area (Å²) in [5, 5.41) is 0. The molecule has 1 aliphatic heterocycles. The summed E-state index contributed by atoms with van der Waals surface area (Å²) in [6, 6.07) is 0. The van der Waals surface area contributed by atoms with Crippen LogP contribution in [0.15, 0.2) is 0 Å². The van der Waals surface area contributed by atoms with E-state index in [9.17, 15) is 4.79 Å². The van der Waals surface area contributed by atoms with Gasteiger partial charge >= 0.3 is 5.97 Å². The van der Waals surface area contributed by atoms with E-state index in [4.69, 9.17) is 9.78 Å². The molecule has 1 heterocycles. The molecule has 2 saturated carbocycles. The van der Waals surface area contributed by atoms with Crippen molar-refractivity contribution in [2.45, 2.75) is 44.6 Å². The van der Waals surface area contributed by atoms with Crippen molar-refractivity contribution in [1.29, 1.82) is 0 Å². The van der Waals surface area contributed by atoms with E-state index in [0.29, 0.717) is 11.8 Å². The lowest BCUT2D eigenvalue weighted by Gasteiger charge is -2.29. The van der Waals surface area contributed by atoms with Crippen LogP contribution in [0.25, 0.3) is 0 Å². The maximum atomic E-state index is 11.5. The van der Waals surface area contributed by atoms with Crippen molar-refractivity contribution in [3.8, 4) is 0 Å². The Bertz CT molecular complexity index is 254. The minimum Gasteiger partial charge on any atom is -0.297 e. The summed E-state index contributed by atoms with van der Waals surface area (Å²) >= 11 is 0. The molecule has 0 aromatic heterocycles. The standard InChI is InChI=1S/C11H16O3/c1-2-9-10(12)13-14-11(9,7-3-4-7)8-5-6-8/h7-9H,2-6H2,1H3. The van der Waals surface area contributed by atoms with Gasteiger partial charge in [0.1, 0.15) is 5.60 Å². The van der Waals surface area contributed by atoms with E-state index in [1.165, 1.54) is 25.7 Å². The van der Waals surface area contributed by atoms with Gasteiger partial charge in [0.05, 0.1) is 5.92 Å². The van der Waals surface area contributed by atoms with E-state index in [1.807, 2.05) is 0 Å². The summed E-state index contributed by atoms with van der Waals surface area (Å²) in [5.74, 6) is 1.05. The van der Waals surface area contributed by atoms with Crippen molar-refractivity contribution in [3.63, 3.8) is 0 Å². The molecular weight excluding hydrogens is 180 g/mol. The van der Waals surface area contributed by atoms with Gasteiger partial charge in [-0.3, -0.25) is 4.89 Å². The first-order valence-corrected chi connectivity index (χ1v) is 5.68. The summed E-state index contributed by atoms with van der Waals surface area (Å²) in [4.78, 5) is 21.8. The van der Waals surface area contributed by atoms with Crippen molar-refractivity contribution in [1.82, 2.24) is 0 Å². The molecule has 14 heavy (non-hydrogen) atoms. The van der Waals surface area contributed by atoms with Gasteiger partial charge in [-0.05, 0) is 43.9 Å². The zero-order valence-electron chi connectivity index (χ0n) is 8.49. The first-order valence-electron chi connectivity index (χ1n) is 5.68. The zero-order valence-corrected chi connectivity index (χ0v) is 8.49. The molecule has 3 rings (SSSR count). The Morgan fingerprint density at radius 1 is 1.29 bits per heavy atom. The number of hydrogen-bond acceptors (Lipinski definition) is 3. The largest absolute Gasteiger partial charge is 0.348 e. The van der Waals surface area contributed by atoms with Crippen LogP contribution in [0.1, 0.15) is 39.0 Å². The molecule has 1 saturated heterocycles. The van der Waals surface area contributed by atoms with Crippen LogP contribution in [0, 0.1) is 17.8 Å². The molecular formula is C11H16O3. The van der Waals surface area contributed by atoms with Crippen LogP contribution in [-0.2, 0) is 14.6 Å². The molecule has 3 fully saturated rings. The molecule has 0 bridgehead atoms. The van der Waals surface area contributed by atoms with Gasteiger partial charge in [-0.15, -0.1) is 0 Å². The number of carbonyl (C=O) groups is 1. The van der Waals surface area contributed by atoms with E-state index in [1.54, 1.807) is 0 Å². The second-order valence-electron chi connectivity index (χ2n) is 4.85. The van der Waals surface area contributed by atoms with Crippen molar-refractivity contribution in [2.75, 3.05) is 0 Å². The summed E-state index contributed by atoms with van der Waals surface area (Å²) < 4.78 is 0. The van der Waals surface area contributed by atoms with Crippen molar-refractivity contribution in [2.24, 2.45) is 17.8 Å². The molecule has 3 aliphatic rings. The fourth-order valence-electron chi connectivity index (χ4n) is 3.01. The Morgan fingerprint density at radius 3 is 2.29 bits per heavy atom. The van der Waals surface area contributed by atoms with Crippen molar-refractivity contribution in [3.05, 3.63) is 0 Å². The van der Waals surface area contributed by atoms with Crippen LogP contribution in [0.5, 0.6) is 0 Å². The van der Waals surface area contributed by atoms with Crippen LogP contribution in [0.4, 0.5) is 0 Å². The minimum absolute atomic E-state index is 0.00231. The molecule has 1 unspecified atom stereocenters. The monoisotopic (exact) mass is 196 g/mol. The van der Waals surface area contributed by atoms with Gasteiger partial charge in [0.2, 0.25) is 0 Å². The molecule has 1 atom stereocenters. The SMILES string of the molecule is CCC1C(=O)OOC1(C1CC1)C1CC1. The maximum Gasteiger partial charge on any atom is 0.348 e. The lowest BCUT2D eigenvalue weighted by Crippen LogP contribution is -2.41. The van der Waals surface area contributed by atoms with Gasteiger partial charge in [-0.2, -0.15) is 4.89 Å². The predicted octanol–water partition coefficient (Wildman–Crippen LogP) is 2.06. The molecule has 0 spiro atoms. The molecule has 0 aromatic rings. The van der Waals surface area contributed by atoms with Crippen LogP contribution < -0.4 is 0 Å². The van der Waals surface area contributed by atoms with E-state index in [-0.39, 0.29) is 17.5 Å². The Balaban J connectivity index is 1.93. The van der Waals surface area contributed by atoms with Gasteiger partial charge in [0.15, 0.2) is 0 Å². The third kappa shape index (κ3) is 0.991. The van der Waals surface area contributed by atoms with Crippen LogP contribution >= 0.6 is 0 Å². The smallest absolute Gasteiger partial charge is 0.297 e. The average molecular weight is 196 g/mol. The van der Waals surface area contributed by atoms with Crippen molar-refractivity contribution >= 4 is 5.97 Å². The van der Waals surface area contributed by atoms with Crippen molar-refractivity contribution < 1.29 is 14.6 Å². The zero-order chi connectivity index (χ0) is 9.76. The lowest BCUT2D eigenvalue weighted by atomic mass is 9.78. The first-order chi connectivity index (χ1) is 6.79. The highest BCUT2D eigenvalue weighted by Crippen LogP contribution is 2.60. The van der Waals surface area contributed by atoms with Crippen LogP contribution in [0.2, 0.25) is 0 Å². The number of rotatable bonds is 3. The Morgan fingerprint density at radius 2 is 1.86 bits per heavy atom. The molecule has 78 valence electrons. The summed E-state index contributed by atoms with van der Waals surface area (Å²) in [6.07, 6.45) is 5.70. The van der Waals surface area contributed by atoms with Crippen LogP contribution in [-0.4, -0.2) is 11.6 Å². The molecule has 2 aliphatic carbocycles. The fraction of sp³-hybridized carbons (Fsp3) is 0.909. The molecule has 0 N–H and O–H groups in total. The average Bonchev–Trinajstić information content (AvgIpc) is 3.02. The second kappa shape index (κ2) is 2.72. The van der Waals surface area contributed by atoms with Crippen LogP contribution in [0.3, 0.4) is 0 Å². The van der Waals surface area contributed by atoms with Gasteiger partial charge in [0, 0.05) is 0 Å².